The number of hydrogen-bond acceptors (Lipinski definition) is 4. The molecule has 3 rings (SSSR count). The van der Waals surface area contributed by atoms with E-state index in [1.807, 2.05) is 11.4 Å². The van der Waals surface area contributed by atoms with Gasteiger partial charge < -0.3 is 10.6 Å². The lowest BCUT2D eigenvalue weighted by molar-refractivity contribution is -0.137. The molecule has 2 amide bonds. The second-order valence-corrected chi connectivity index (χ2v) is 6.22. The Balaban J connectivity index is 1.71. The fourth-order valence-corrected chi connectivity index (χ4v) is 2.53. The van der Waals surface area contributed by atoms with Crippen LogP contribution >= 0.6 is 11.6 Å². The third-order valence-electron chi connectivity index (χ3n) is 3.81. The van der Waals surface area contributed by atoms with Gasteiger partial charge in [0, 0.05) is 11.3 Å². The van der Waals surface area contributed by atoms with E-state index in [4.69, 9.17) is 16.9 Å². The molecule has 0 saturated carbocycles. The van der Waals surface area contributed by atoms with Gasteiger partial charge in [0.25, 0.3) is 0 Å². The summed E-state index contributed by atoms with van der Waals surface area (Å²) in [6, 6.07) is 8.68. The molecule has 30 heavy (non-hydrogen) atoms. The van der Waals surface area contributed by atoms with Crippen molar-refractivity contribution < 1.29 is 22.4 Å². The predicted molar refractivity (Wildman–Crippen MR) is 101 cm³/mol. The Bertz CT molecular complexity index is 1140. The van der Waals surface area contributed by atoms with Crippen LogP contribution in [0.4, 0.5) is 33.7 Å². The first kappa shape index (κ1) is 21.0. The van der Waals surface area contributed by atoms with Gasteiger partial charge in [0.1, 0.15) is 17.4 Å². The maximum absolute atomic E-state index is 13.7. The van der Waals surface area contributed by atoms with Crippen LogP contribution in [0.15, 0.2) is 48.7 Å². The first-order valence-corrected chi connectivity index (χ1v) is 8.53. The van der Waals surface area contributed by atoms with Crippen LogP contribution in [0, 0.1) is 17.1 Å². The number of carbonyl (C=O) groups is 1. The van der Waals surface area contributed by atoms with Gasteiger partial charge in [-0.25, -0.2) is 19.2 Å². The number of nitriles is 1. The fourth-order valence-electron chi connectivity index (χ4n) is 2.36. The molecule has 0 aliphatic rings. The molecule has 152 valence electrons. The van der Waals surface area contributed by atoms with Crippen molar-refractivity contribution in [3.8, 4) is 17.5 Å². The second kappa shape index (κ2) is 8.34. The van der Waals surface area contributed by atoms with Crippen molar-refractivity contribution >= 4 is 29.0 Å². The number of carbonyl (C=O) groups excluding carboxylic acids is 1. The van der Waals surface area contributed by atoms with Crippen molar-refractivity contribution in [3.63, 3.8) is 0 Å². The van der Waals surface area contributed by atoms with Gasteiger partial charge in [-0.05, 0) is 42.5 Å². The van der Waals surface area contributed by atoms with E-state index in [0.717, 1.165) is 0 Å². The summed E-state index contributed by atoms with van der Waals surface area (Å²) in [5, 5.41) is 13.2. The number of rotatable bonds is 3. The zero-order valence-corrected chi connectivity index (χ0v) is 15.5. The molecule has 6 nitrogen and oxygen atoms in total. The molecule has 3 aromatic rings. The lowest BCUT2D eigenvalue weighted by Crippen LogP contribution is -2.20. The zero-order valence-electron chi connectivity index (χ0n) is 14.8. The van der Waals surface area contributed by atoms with Gasteiger partial charge in [-0.2, -0.15) is 18.4 Å². The molecule has 11 heteroatoms. The molecular weight excluding hydrogens is 426 g/mol. The van der Waals surface area contributed by atoms with Crippen LogP contribution in [0.2, 0.25) is 5.15 Å². The molecular formula is C19H10ClF4N5O. The Morgan fingerprint density at radius 3 is 2.40 bits per heavy atom. The molecule has 0 spiro atoms. The Kier molecular flexibility index (Phi) is 5.84. The molecule has 0 bridgehead atoms. The van der Waals surface area contributed by atoms with Crippen molar-refractivity contribution in [1.82, 2.24) is 9.97 Å². The van der Waals surface area contributed by atoms with E-state index in [9.17, 15) is 22.4 Å². The summed E-state index contributed by atoms with van der Waals surface area (Å²) >= 11 is 5.87. The van der Waals surface area contributed by atoms with Crippen LogP contribution in [0.3, 0.4) is 0 Å². The monoisotopic (exact) mass is 435 g/mol. The van der Waals surface area contributed by atoms with Crippen molar-refractivity contribution in [2.45, 2.75) is 6.18 Å². The van der Waals surface area contributed by atoms with Gasteiger partial charge in [-0.15, -0.1) is 0 Å². The predicted octanol–water partition coefficient (Wildman–Crippen LogP) is 5.47. The van der Waals surface area contributed by atoms with Gasteiger partial charge in [0.15, 0.2) is 11.0 Å². The lowest BCUT2D eigenvalue weighted by atomic mass is 10.2. The van der Waals surface area contributed by atoms with Crippen LogP contribution in [0.25, 0.3) is 11.4 Å². The molecule has 2 N–H and O–H groups in total. The highest BCUT2D eigenvalue weighted by Gasteiger charge is 2.31. The van der Waals surface area contributed by atoms with Gasteiger partial charge in [0.2, 0.25) is 0 Å². The third kappa shape index (κ3) is 4.82. The summed E-state index contributed by atoms with van der Waals surface area (Å²) < 4.78 is 52.0. The van der Waals surface area contributed by atoms with Crippen LogP contribution in [0.1, 0.15) is 11.1 Å². The molecule has 1 aromatic heterocycles. The summed E-state index contributed by atoms with van der Waals surface area (Å²) in [6.45, 7) is 0. The molecule has 0 unspecified atom stereocenters. The quantitative estimate of drug-likeness (QED) is 0.421. The van der Waals surface area contributed by atoms with E-state index >= 15 is 0 Å². The molecule has 1 heterocycles. The Morgan fingerprint density at radius 2 is 1.80 bits per heavy atom. The van der Waals surface area contributed by atoms with Gasteiger partial charge in [-0.3, -0.25) is 0 Å². The fraction of sp³-hybridized carbons (Fsp3) is 0.0526. The molecule has 2 aromatic carbocycles. The van der Waals surface area contributed by atoms with Crippen molar-refractivity contribution in [2.75, 3.05) is 10.6 Å². The highest BCUT2D eigenvalue weighted by atomic mass is 35.5. The lowest BCUT2D eigenvalue weighted by Gasteiger charge is -2.12. The highest BCUT2D eigenvalue weighted by Crippen LogP contribution is 2.32. The molecule has 0 fully saturated rings. The van der Waals surface area contributed by atoms with Crippen LogP contribution < -0.4 is 10.6 Å². The van der Waals surface area contributed by atoms with Crippen LogP contribution in [-0.2, 0) is 6.18 Å². The first-order valence-electron chi connectivity index (χ1n) is 8.15. The van der Waals surface area contributed by atoms with Crippen molar-refractivity contribution in [1.29, 1.82) is 5.26 Å². The van der Waals surface area contributed by atoms with Crippen LogP contribution in [-0.4, -0.2) is 16.0 Å². The van der Waals surface area contributed by atoms with E-state index in [2.05, 4.69) is 15.3 Å². The summed E-state index contributed by atoms with van der Waals surface area (Å²) in [6.07, 6.45) is -3.40. The van der Waals surface area contributed by atoms with E-state index < -0.39 is 29.3 Å². The Morgan fingerprint density at radius 1 is 1.10 bits per heavy atom. The standard InChI is InChI=1S/C19H10ClF4N5O/c20-16-11(8-25)9-26-17(29-16)10-1-4-13(5-2-10)27-18(30)28-15-7-12(19(22,23)24)3-6-14(15)21/h1-7,9H,(H2,27,28,30). The number of benzene rings is 2. The summed E-state index contributed by atoms with van der Waals surface area (Å²) in [5.41, 5.74) is -0.763. The number of amides is 2. The van der Waals surface area contributed by atoms with Crippen LogP contribution in [0.5, 0.6) is 0 Å². The van der Waals surface area contributed by atoms with E-state index in [1.165, 1.54) is 18.3 Å². The number of aromatic nitrogens is 2. The number of urea groups is 1. The molecule has 0 radical (unpaired) electrons. The molecule has 0 aliphatic carbocycles. The Hall–Kier alpha value is -3.71. The van der Waals surface area contributed by atoms with E-state index in [1.54, 1.807) is 12.1 Å². The smallest absolute Gasteiger partial charge is 0.308 e. The second-order valence-electron chi connectivity index (χ2n) is 5.86. The zero-order chi connectivity index (χ0) is 21.9. The Labute approximate surface area is 172 Å². The molecule has 0 saturated heterocycles. The van der Waals surface area contributed by atoms with Gasteiger partial charge in [-0.1, -0.05) is 11.6 Å². The topological polar surface area (TPSA) is 90.7 Å². The molecule has 0 atom stereocenters. The maximum atomic E-state index is 13.7. The summed E-state index contributed by atoms with van der Waals surface area (Å²) in [4.78, 5) is 20.0. The number of halogens is 5. The average Bonchev–Trinajstić information content (AvgIpc) is 2.69. The highest BCUT2D eigenvalue weighted by molar-refractivity contribution is 6.30. The number of anilines is 2. The first-order chi connectivity index (χ1) is 14.2. The number of hydrogen-bond donors (Lipinski definition) is 2. The minimum atomic E-state index is -4.67. The van der Waals surface area contributed by atoms with Gasteiger partial charge in [0.05, 0.1) is 17.4 Å². The van der Waals surface area contributed by atoms with Crippen molar-refractivity contribution in [3.05, 3.63) is 70.8 Å². The SMILES string of the molecule is N#Cc1cnc(-c2ccc(NC(=O)Nc3cc(C(F)(F)F)ccc3F)cc2)nc1Cl. The van der Waals surface area contributed by atoms with E-state index in [0.29, 0.717) is 23.8 Å². The number of alkyl halides is 3. The van der Waals surface area contributed by atoms with Crippen molar-refractivity contribution in [2.24, 2.45) is 0 Å². The van der Waals surface area contributed by atoms with Gasteiger partial charge >= 0.3 is 12.2 Å². The summed E-state index contributed by atoms with van der Waals surface area (Å²) in [5.74, 6) is -0.760. The van der Waals surface area contributed by atoms with E-state index in [-0.39, 0.29) is 22.2 Å². The normalized spacial score (nSPS) is 10.9. The molecule has 0 aliphatic heterocycles. The average molecular weight is 436 g/mol. The number of nitrogens with one attached hydrogen (secondary N) is 2. The minimum Gasteiger partial charge on any atom is -0.308 e. The largest absolute Gasteiger partial charge is 0.416 e. The minimum absolute atomic E-state index is 0.00723. The maximum Gasteiger partial charge on any atom is 0.416 e. The summed E-state index contributed by atoms with van der Waals surface area (Å²) in [7, 11) is 0. The number of nitrogens with zero attached hydrogens (tertiary/aromatic N) is 3. The third-order valence-corrected chi connectivity index (χ3v) is 4.09.